The topological polar surface area (TPSA) is 15.3 Å². The van der Waals surface area contributed by atoms with Crippen LogP contribution < -0.4 is 5.32 Å². The van der Waals surface area contributed by atoms with Gasteiger partial charge in [0.2, 0.25) is 0 Å². The number of piperidine rings is 1. The van der Waals surface area contributed by atoms with Crippen LogP contribution in [0.5, 0.6) is 0 Å². The molecule has 0 radical (unpaired) electrons. The monoisotopic (exact) mass is 212 g/mol. The highest BCUT2D eigenvalue weighted by molar-refractivity contribution is 7.80. The molecular weight excluding hydrogens is 192 g/mol. The quantitative estimate of drug-likeness (QED) is 0.558. The molecule has 1 aliphatic heterocycles. The van der Waals surface area contributed by atoms with E-state index in [4.69, 9.17) is 12.2 Å². The van der Waals surface area contributed by atoms with Gasteiger partial charge in [-0.1, -0.05) is 19.1 Å². The molecule has 1 rings (SSSR count). The second kappa shape index (κ2) is 5.35. The second-order valence-corrected chi connectivity index (χ2v) is 4.67. The van der Waals surface area contributed by atoms with Gasteiger partial charge in [0.1, 0.15) is 0 Å². The first kappa shape index (κ1) is 11.5. The van der Waals surface area contributed by atoms with E-state index >= 15 is 0 Å². The summed E-state index contributed by atoms with van der Waals surface area (Å²) in [6, 6.07) is 0. The van der Waals surface area contributed by atoms with Crippen molar-refractivity contribution in [1.82, 2.24) is 10.2 Å². The van der Waals surface area contributed by atoms with E-state index in [2.05, 4.69) is 23.7 Å². The smallest absolute Gasteiger partial charge is 0.169 e. The van der Waals surface area contributed by atoms with Crippen LogP contribution >= 0.6 is 12.2 Å². The molecule has 1 N–H and O–H groups in total. The highest BCUT2D eigenvalue weighted by Crippen LogP contribution is 2.15. The third-order valence-corrected chi connectivity index (χ3v) is 3.01. The molecule has 0 aromatic carbocycles. The number of rotatable bonds is 2. The molecule has 1 fully saturated rings. The Morgan fingerprint density at radius 1 is 1.50 bits per heavy atom. The maximum Gasteiger partial charge on any atom is 0.169 e. The largest absolute Gasteiger partial charge is 0.359 e. The molecule has 3 heteroatoms. The molecule has 0 spiro atoms. The number of thiocarbonyl (C=S) groups is 1. The summed E-state index contributed by atoms with van der Waals surface area (Å²) in [5.41, 5.74) is 1.12. The van der Waals surface area contributed by atoms with Crippen LogP contribution in [0.25, 0.3) is 0 Å². The van der Waals surface area contributed by atoms with Crippen molar-refractivity contribution in [1.29, 1.82) is 0 Å². The van der Waals surface area contributed by atoms with Crippen molar-refractivity contribution in [2.75, 3.05) is 19.6 Å². The first-order valence-electron chi connectivity index (χ1n) is 5.26. The summed E-state index contributed by atoms with van der Waals surface area (Å²) >= 11 is 5.30. The highest BCUT2D eigenvalue weighted by atomic mass is 32.1. The Bertz CT molecular complexity index is 217. The molecule has 0 aromatic heterocycles. The van der Waals surface area contributed by atoms with Gasteiger partial charge in [-0.2, -0.15) is 0 Å². The van der Waals surface area contributed by atoms with Crippen LogP contribution in [0.2, 0.25) is 0 Å². The van der Waals surface area contributed by atoms with E-state index in [0.717, 1.165) is 36.2 Å². The maximum absolute atomic E-state index is 5.30. The normalized spacial score (nSPS) is 18.0. The Hall–Kier alpha value is -0.570. The average molecular weight is 212 g/mol. The fourth-order valence-corrected chi connectivity index (χ4v) is 1.80. The molecule has 0 saturated carbocycles. The van der Waals surface area contributed by atoms with Crippen LogP contribution in [0.15, 0.2) is 12.2 Å². The minimum Gasteiger partial charge on any atom is -0.359 e. The molecule has 1 heterocycles. The van der Waals surface area contributed by atoms with Gasteiger partial charge in [0.05, 0.1) is 0 Å². The van der Waals surface area contributed by atoms with Gasteiger partial charge in [0.15, 0.2) is 5.11 Å². The van der Waals surface area contributed by atoms with Gasteiger partial charge in [0, 0.05) is 19.6 Å². The summed E-state index contributed by atoms with van der Waals surface area (Å²) in [4.78, 5) is 2.26. The van der Waals surface area contributed by atoms with E-state index in [9.17, 15) is 0 Å². The van der Waals surface area contributed by atoms with Crippen molar-refractivity contribution in [3.8, 4) is 0 Å². The molecule has 0 aliphatic carbocycles. The molecule has 0 unspecified atom stereocenters. The van der Waals surface area contributed by atoms with Crippen LogP contribution in [0.4, 0.5) is 0 Å². The van der Waals surface area contributed by atoms with E-state index in [1.54, 1.807) is 0 Å². The number of likely N-dealkylation sites (tertiary alicyclic amines) is 1. The van der Waals surface area contributed by atoms with Gasteiger partial charge in [-0.25, -0.2) is 0 Å². The predicted molar refractivity (Wildman–Crippen MR) is 65.4 cm³/mol. The Balaban J connectivity index is 2.27. The van der Waals surface area contributed by atoms with Crippen LogP contribution in [0, 0.1) is 5.92 Å². The number of nitrogens with zero attached hydrogens (tertiary/aromatic N) is 1. The summed E-state index contributed by atoms with van der Waals surface area (Å²) < 4.78 is 0. The summed E-state index contributed by atoms with van der Waals surface area (Å²) in [7, 11) is 0. The molecule has 2 nitrogen and oxygen atoms in total. The highest BCUT2D eigenvalue weighted by Gasteiger charge is 2.17. The first-order valence-corrected chi connectivity index (χ1v) is 5.67. The van der Waals surface area contributed by atoms with Crippen molar-refractivity contribution >= 4 is 17.3 Å². The van der Waals surface area contributed by atoms with Gasteiger partial charge in [-0.05, 0) is 37.9 Å². The fraction of sp³-hybridized carbons (Fsp3) is 0.727. The van der Waals surface area contributed by atoms with E-state index < -0.39 is 0 Å². The van der Waals surface area contributed by atoms with Crippen LogP contribution in [-0.4, -0.2) is 29.6 Å². The fourth-order valence-electron chi connectivity index (χ4n) is 1.55. The molecule has 1 saturated heterocycles. The Labute approximate surface area is 92.4 Å². The number of nitrogens with one attached hydrogen (secondary N) is 1. The lowest BCUT2D eigenvalue weighted by Crippen LogP contribution is -2.44. The maximum atomic E-state index is 5.30. The Morgan fingerprint density at radius 3 is 2.57 bits per heavy atom. The summed E-state index contributed by atoms with van der Waals surface area (Å²) in [5, 5.41) is 4.11. The van der Waals surface area contributed by atoms with Gasteiger partial charge >= 0.3 is 0 Å². The Morgan fingerprint density at radius 2 is 2.07 bits per heavy atom. The van der Waals surface area contributed by atoms with E-state index in [0.29, 0.717) is 0 Å². The van der Waals surface area contributed by atoms with Crippen LogP contribution in [0.1, 0.15) is 26.7 Å². The van der Waals surface area contributed by atoms with Gasteiger partial charge < -0.3 is 10.2 Å². The van der Waals surface area contributed by atoms with Gasteiger partial charge in [0.25, 0.3) is 0 Å². The van der Waals surface area contributed by atoms with Crippen molar-refractivity contribution in [3.05, 3.63) is 12.2 Å². The zero-order valence-corrected chi connectivity index (χ0v) is 9.99. The lowest BCUT2D eigenvalue weighted by atomic mass is 10.00. The molecule has 0 bridgehead atoms. The third-order valence-electron chi connectivity index (χ3n) is 2.61. The average Bonchev–Trinajstić information content (AvgIpc) is 2.15. The van der Waals surface area contributed by atoms with Crippen LogP contribution in [-0.2, 0) is 0 Å². The van der Waals surface area contributed by atoms with Crippen molar-refractivity contribution in [2.24, 2.45) is 5.92 Å². The zero-order valence-electron chi connectivity index (χ0n) is 9.18. The first-order chi connectivity index (χ1) is 6.59. The molecule has 80 valence electrons. The third kappa shape index (κ3) is 3.66. The predicted octanol–water partition coefficient (Wildman–Crippen LogP) is 2.17. The van der Waals surface area contributed by atoms with E-state index in [1.165, 1.54) is 12.8 Å². The van der Waals surface area contributed by atoms with Gasteiger partial charge in [-0.15, -0.1) is 0 Å². The Kier molecular flexibility index (Phi) is 4.39. The number of hydrogen-bond acceptors (Lipinski definition) is 1. The molecule has 0 aromatic rings. The van der Waals surface area contributed by atoms with E-state index in [1.807, 2.05) is 6.92 Å². The lowest BCUT2D eigenvalue weighted by Gasteiger charge is -2.32. The van der Waals surface area contributed by atoms with Crippen molar-refractivity contribution in [3.63, 3.8) is 0 Å². The van der Waals surface area contributed by atoms with Gasteiger partial charge in [-0.3, -0.25) is 0 Å². The minimum absolute atomic E-state index is 0.797. The van der Waals surface area contributed by atoms with Crippen LogP contribution in [0.3, 0.4) is 0 Å². The molecule has 14 heavy (non-hydrogen) atoms. The number of hydrogen-bond donors (Lipinski definition) is 1. The second-order valence-electron chi connectivity index (χ2n) is 4.29. The SMILES string of the molecule is C=C(C)CNC(=S)N1CCC(C)CC1. The minimum atomic E-state index is 0.797. The lowest BCUT2D eigenvalue weighted by molar-refractivity contribution is 0.278. The molecule has 0 amide bonds. The standard InChI is InChI=1S/C11H20N2S/c1-9(2)8-12-11(14)13-6-4-10(3)5-7-13/h10H,1,4-8H2,2-3H3,(H,12,14). The molecular formula is C11H20N2S. The molecule has 0 atom stereocenters. The van der Waals surface area contributed by atoms with E-state index in [-0.39, 0.29) is 0 Å². The van der Waals surface area contributed by atoms with Crippen molar-refractivity contribution in [2.45, 2.75) is 26.7 Å². The zero-order chi connectivity index (χ0) is 10.6. The molecule has 1 aliphatic rings. The summed E-state index contributed by atoms with van der Waals surface area (Å²) in [6.07, 6.45) is 2.52. The summed E-state index contributed by atoms with van der Waals surface area (Å²) in [6.45, 7) is 11.2. The summed E-state index contributed by atoms with van der Waals surface area (Å²) in [5.74, 6) is 0.857. The van der Waals surface area contributed by atoms with Crippen molar-refractivity contribution < 1.29 is 0 Å².